The van der Waals surface area contributed by atoms with Crippen molar-refractivity contribution in [1.82, 2.24) is 15.5 Å². The van der Waals surface area contributed by atoms with Gasteiger partial charge in [0.25, 0.3) is 5.91 Å². The van der Waals surface area contributed by atoms with Crippen LogP contribution in [0.4, 0.5) is 0 Å². The minimum atomic E-state index is -0.164. The molecular formula is C14H14ClN3O. The normalized spacial score (nSPS) is 14.4. The summed E-state index contributed by atoms with van der Waals surface area (Å²) in [6.45, 7) is 0.449. The van der Waals surface area contributed by atoms with Crippen LogP contribution in [-0.4, -0.2) is 16.1 Å². The maximum absolute atomic E-state index is 11.9. The number of nitrogens with one attached hydrogen (secondary N) is 2. The zero-order valence-corrected chi connectivity index (χ0v) is 11.1. The van der Waals surface area contributed by atoms with E-state index in [2.05, 4.69) is 15.5 Å². The van der Waals surface area contributed by atoms with Gasteiger partial charge in [-0.1, -0.05) is 23.7 Å². The quantitative estimate of drug-likeness (QED) is 0.901. The number of hydrogen-bond donors (Lipinski definition) is 2. The number of amides is 1. The first-order chi connectivity index (χ1) is 9.22. The third kappa shape index (κ3) is 2.96. The monoisotopic (exact) mass is 275 g/mol. The molecule has 98 valence electrons. The Hall–Kier alpha value is -1.81. The summed E-state index contributed by atoms with van der Waals surface area (Å²) >= 11 is 5.89. The van der Waals surface area contributed by atoms with Crippen LogP contribution in [0.25, 0.3) is 0 Å². The lowest BCUT2D eigenvalue weighted by molar-refractivity contribution is 0.0946. The highest BCUT2D eigenvalue weighted by atomic mass is 35.5. The lowest BCUT2D eigenvalue weighted by atomic mass is 10.2. The van der Waals surface area contributed by atoms with E-state index in [1.807, 2.05) is 30.3 Å². The smallest absolute Gasteiger partial charge is 0.272 e. The van der Waals surface area contributed by atoms with Crippen LogP contribution in [0.15, 0.2) is 30.3 Å². The van der Waals surface area contributed by atoms with Crippen LogP contribution >= 0.6 is 11.6 Å². The van der Waals surface area contributed by atoms with Gasteiger partial charge in [0, 0.05) is 23.2 Å². The fourth-order valence-corrected chi connectivity index (χ4v) is 2.19. The molecule has 0 unspecified atom stereocenters. The van der Waals surface area contributed by atoms with Crippen molar-refractivity contribution in [2.24, 2.45) is 0 Å². The predicted octanol–water partition coefficient (Wildman–Crippen LogP) is 2.87. The number of H-pyrrole nitrogens is 1. The topological polar surface area (TPSA) is 57.8 Å². The van der Waals surface area contributed by atoms with Gasteiger partial charge in [0.1, 0.15) is 5.69 Å². The average Bonchev–Trinajstić information content (AvgIpc) is 3.14. The molecule has 4 nitrogen and oxygen atoms in total. The molecule has 0 bridgehead atoms. The van der Waals surface area contributed by atoms with Gasteiger partial charge in [-0.15, -0.1) is 0 Å². The number of aromatic nitrogens is 2. The number of hydrogen-bond acceptors (Lipinski definition) is 2. The van der Waals surface area contributed by atoms with Gasteiger partial charge in [-0.05, 0) is 36.6 Å². The molecule has 1 aromatic carbocycles. The zero-order valence-electron chi connectivity index (χ0n) is 10.3. The van der Waals surface area contributed by atoms with Crippen molar-refractivity contribution in [1.29, 1.82) is 0 Å². The fraction of sp³-hybridized carbons (Fsp3) is 0.286. The van der Waals surface area contributed by atoms with Crippen LogP contribution in [0.1, 0.15) is 40.5 Å². The molecule has 0 spiro atoms. The van der Waals surface area contributed by atoms with E-state index in [0.717, 1.165) is 11.3 Å². The summed E-state index contributed by atoms with van der Waals surface area (Å²) in [4.78, 5) is 11.9. The van der Waals surface area contributed by atoms with Crippen molar-refractivity contribution in [3.63, 3.8) is 0 Å². The minimum Gasteiger partial charge on any atom is -0.347 e. The molecule has 2 N–H and O–H groups in total. The highest BCUT2D eigenvalue weighted by molar-refractivity contribution is 6.30. The van der Waals surface area contributed by atoms with Gasteiger partial charge in [-0.3, -0.25) is 9.89 Å². The summed E-state index contributed by atoms with van der Waals surface area (Å²) in [5.41, 5.74) is 2.48. The number of aromatic amines is 1. The molecule has 1 saturated carbocycles. The molecule has 1 aromatic heterocycles. The molecular weight excluding hydrogens is 262 g/mol. The van der Waals surface area contributed by atoms with Gasteiger partial charge in [0.15, 0.2) is 0 Å². The molecule has 1 heterocycles. The molecule has 5 heteroatoms. The molecule has 3 rings (SSSR count). The van der Waals surface area contributed by atoms with E-state index in [1.54, 1.807) is 0 Å². The standard InChI is InChI=1S/C14H14ClN3O/c15-11-3-1-2-9(6-11)8-16-14(19)13-7-12(17-18-13)10-4-5-10/h1-3,6-7,10H,4-5,8H2,(H,16,19)(H,17,18). The van der Waals surface area contributed by atoms with Gasteiger partial charge in [-0.25, -0.2) is 0 Å². The second-order valence-corrected chi connectivity index (χ2v) is 5.23. The second-order valence-electron chi connectivity index (χ2n) is 4.80. The highest BCUT2D eigenvalue weighted by Crippen LogP contribution is 2.38. The molecule has 0 radical (unpaired) electrons. The van der Waals surface area contributed by atoms with Crippen LogP contribution in [0.3, 0.4) is 0 Å². The lowest BCUT2D eigenvalue weighted by Gasteiger charge is -2.03. The van der Waals surface area contributed by atoms with Gasteiger partial charge in [-0.2, -0.15) is 5.10 Å². The number of halogens is 1. The van der Waals surface area contributed by atoms with Crippen molar-refractivity contribution in [3.8, 4) is 0 Å². The van der Waals surface area contributed by atoms with Crippen molar-refractivity contribution in [2.45, 2.75) is 25.3 Å². The van der Waals surface area contributed by atoms with Crippen LogP contribution in [0, 0.1) is 0 Å². The maximum Gasteiger partial charge on any atom is 0.272 e. The summed E-state index contributed by atoms with van der Waals surface area (Å²) in [6, 6.07) is 9.27. The molecule has 0 aliphatic heterocycles. The van der Waals surface area contributed by atoms with Gasteiger partial charge in [0.2, 0.25) is 0 Å². The molecule has 1 fully saturated rings. The summed E-state index contributed by atoms with van der Waals surface area (Å²) in [7, 11) is 0. The maximum atomic E-state index is 11.9. The van der Waals surface area contributed by atoms with E-state index >= 15 is 0 Å². The Bertz CT molecular complexity index is 604. The number of benzene rings is 1. The van der Waals surface area contributed by atoms with Gasteiger partial charge >= 0.3 is 0 Å². The predicted molar refractivity (Wildman–Crippen MR) is 73.2 cm³/mol. The Balaban J connectivity index is 1.61. The Morgan fingerprint density at radius 2 is 2.26 bits per heavy atom. The highest BCUT2D eigenvalue weighted by Gasteiger charge is 2.26. The SMILES string of the molecule is O=C(NCc1cccc(Cl)c1)c1cc(C2CC2)[nH]n1. The van der Waals surface area contributed by atoms with Crippen molar-refractivity contribution >= 4 is 17.5 Å². The molecule has 2 aromatic rings. The molecule has 0 atom stereocenters. The molecule has 19 heavy (non-hydrogen) atoms. The lowest BCUT2D eigenvalue weighted by Crippen LogP contribution is -2.23. The van der Waals surface area contributed by atoms with Crippen LogP contribution in [0.2, 0.25) is 5.02 Å². The largest absolute Gasteiger partial charge is 0.347 e. The number of nitrogens with zero attached hydrogens (tertiary/aromatic N) is 1. The van der Waals surface area contributed by atoms with E-state index < -0.39 is 0 Å². The van der Waals surface area contributed by atoms with E-state index in [9.17, 15) is 4.79 Å². The number of rotatable bonds is 4. The second kappa shape index (κ2) is 5.05. The number of carbonyl (C=O) groups excluding carboxylic acids is 1. The minimum absolute atomic E-state index is 0.164. The van der Waals surface area contributed by atoms with Crippen molar-refractivity contribution < 1.29 is 4.79 Å². The van der Waals surface area contributed by atoms with E-state index in [-0.39, 0.29) is 5.91 Å². The zero-order chi connectivity index (χ0) is 13.2. The third-order valence-electron chi connectivity index (χ3n) is 3.19. The first-order valence-electron chi connectivity index (χ1n) is 6.30. The van der Waals surface area contributed by atoms with E-state index in [4.69, 9.17) is 11.6 Å². The van der Waals surface area contributed by atoms with Crippen LogP contribution < -0.4 is 5.32 Å². The van der Waals surface area contributed by atoms with Gasteiger partial charge in [0.05, 0.1) is 0 Å². The number of carbonyl (C=O) groups is 1. The summed E-state index contributed by atoms with van der Waals surface area (Å²) in [5, 5.41) is 10.5. The first-order valence-corrected chi connectivity index (χ1v) is 6.68. The average molecular weight is 276 g/mol. The van der Waals surface area contributed by atoms with Crippen molar-refractivity contribution in [3.05, 3.63) is 52.3 Å². The summed E-state index contributed by atoms with van der Waals surface area (Å²) in [5.74, 6) is 0.408. The third-order valence-corrected chi connectivity index (χ3v) is 3.42. The summed E-state index contributed by atoms with van der Waals surface area (Å²) < 4.78 is 0. The van der Waals surface area contributed by atoms with E-state index in [1.165, 1.54) is 12.8 Å². The molecule has 1 aliphatic rings. The van der Waals surface area contributed by atoms with E-state index in [0.29, 0.717) is 23.2 Å². The molecule has 0 saturated heterocycles. The Kier molecular flexibility index (Phi) is 3.25. The van der Waals surface area contributed by atoms with Crippen LogP contribution in [0.5, 0.6) is 0 Å². The molecule has 1 amide bonds. The first kappa shape index (κ1) is 12.2. The molecule has 1 aliphatic carbocycles. The Morgan fingerprint density at radius 3 is 3.00 bits per heavy atom. The fourth-order valence-electron chi connectivity index (χ4n) is 1.98. The Labute approximate surface area is 116 Å². The van der Waals surface area contributed by atoms with Crippen molar-refractivity contribution in [2.75, 3.05) is 0 Å². The van der Waals surface area contributed by atoms with Crippen LogP contribution in [-0.2, 0) is 6.54 Å². The Morgan fingerprint density at radius 1 is 1.42 bits per heavy atom. The summed E-state index contributed by atoms with van der Waals surface area (Å²) in [6.07, 6.45) is 2.37. The van der Waals surface area contributed by atoms with Gasteiger partial charge < -0.3 is 5.32 Å².